The van der Waals surface area contributed by atoms with Gasteiger partial charge in [-0.3, -0.25) is 0 Å². The van der Waals surface area contributed by atoms with Gasteiger partial charge in [0, 0.05) is 23.1 Å². The van der Waals surface area contributed by atoms with E-state index in [1.807, 2.05) is 66.7 Å². The summed E-state index contributed by atoms with van der Waals surface area (Å²) in [5.74, 6) is 2.22. The van der Waals surface area contributed by atoms with Crippen LogP contribution < -0.4 is 14.2 Å². The van der Waals surface area contributed by atoms with Crippen molar-refractivity contribution >= 4 is 10.9 Å². The molecule has 27 heavy (non-hydrogen) atoms. The van der Waals surface area contributed by atoms with Crippen molar-refractivity contribution in [1.29, 1.82) is 0 Å². The molecule has 0 spiro atoms. The second-order valence-electron chi connectivity index (χ2n) is 6.37. The van der Waals surface area contributed by atoms with Crippen LogP contribution in [0.2, 0.25) is 0 Å². The third-order valence-electron chi connectivity index (χ3n) is 4.57. The third kappa shape index (κ3) is 3.06. The van der Waals surface area contributed by atoms with Gasteiger partial charge in [-0.15, -0.1) is 0 Å². The van der Waals surface area contributed by atoms with Gasteiger partial charge in [0.15, 0.2) is 11.5 Å². The Morgan fingerprint density at radius 1 is 0.815 bits per heavy atom. The second-order valence-corrected chi connectivity index (χ2v) is 6.37. The quantitative estimate of drug-likeness (QED) is 0.504. The van der Waals surface area contributed by atoms with Crippen molar-refractivity contribution in [2.75, 3.05) is 6.79 Å². The largest absolute Gasteiger partial charge is 0.488 e. The van der Waals surface area contributed by atoms with Gasteiger partial charge in [-0.1, -0.05) is 60.7 Å². The molecule has 1 aliphatic heterocycles. The van der Waals surface area contributed by atoms with Crippen molar-refractivity contribution in [3.05, 3.63) is 84.4 Å². The van der Waals surface area contributed by atoms with Gasteiger partial charge in [0.25, 0.3) is 0 Å². The maximum Gasteiger partial charge on any atom is 0.231 e. The molecule has 2 heterocycles. The molecule has 0 bridgehead atoms. The highest BCUT2D eigenvalue weighted by Crippen LogP contribution is 2.40. The number of aromatic nitrogens is 1. The number of ether oxygens (including phenoxy) is 3. The topological polar surface area (TPSA) is 40.6 Å². The monoisotopic (exact) mass is 355 g/mol. The molecule has 3 aromatic carbocycles. The first-order chi connectivity index (χ1) is 13.4. The van der Waals surface area contributed by atoms with Crippen LogP contribution in [0.25, 0.3) is 22.2 Å². The van der Waals surface area contributed by atoms with Crippen molar-refractivity contribution in [3.63, 3.8) is 0 Å². The first-order valence-corrected chi connectivity index (χ1v) is 8.83. The molecular formula is C23H17NO3. The summed E-state index contributed by atoms with van der Waals surface area (Å²) in [6.45, 7) is 0.722. The Morgan fingerprint density at radius 3 is 2.30 bits per heavy atom. The van der Waals surface area contributed by atoms with Crippen LogP contribution in [0.5, 0.6) is 17.2 Å². The van der Waals surface area contributed by atoms with E-state index in [0.29, 0.717) is 12.4 Å². The van der Waals surface area contributed by atoms with Crippen molar-refractivity contribution in [3.8, 4) is 28.5 Å². The number of rotatable bonds is 4. The van der Waals surface area contributed by atoms with E-state index in [2.05, 4.69) is 12.1 Å². The SMILES string of the molecule is c1ccc(COc2cc(-c3ccccc3)nc3cc4c(cc23)OCO4)cc1. The van der Waals surface area contributed by atoms with Gasteiger partial charge in [-0.2, -0.15) is 0 Å². The molecule has 1 aromatic heterocycles. The third-order valence-corrected chi connectivity index (χ3v) is 4.57. The van der Waals surface area contributed by atoms with Gasteiger partial charge in [0.2, 0.25) is 6.79 Å². The summed E-state index contributed by atoms with van der Waals surface area (Å²) >= 11 is 0. The van der Waals surface area contributed by atoms with E-state index in [0.717, 1.165) is 39.2 Å². The predicted octanol–water partition coefficient (Wildman–Crippen LogP) is 5.21. The maximum absolute atomic E-state index is 6.19. The van der Waals surface area contributed by atoms with Crippen LogP contribution in [0.4, 0.5) is 0 Å². The van der Waals surface area contributed by atoms with E-state index < -0.39 is 0 Å². The highest BCUT2D eigenvalue weighted by atomic mass is 16.7. The van der Waals surface area contributed by atoms with Crippen LogP contribution in [0.3, 0.4) is 0 Å². The highest BCUT2D eigenvalue weighted by Gasteiger charge is 2.18. The number of nitrogens with zero attached hydrogens (tertiary/aromatic N) is 1. The predicted molar refractivity (Wildman–Crippen MR) is 104 cm³/mol. The van der Waals surface area contributed by atoms with E-state index in [4.69, 9.17) is 19.2 Å². The Bertz CT molecular complexity index is 1090. The smallest absolute Gasteiger partial charge is 0.231 e. The van der Waals surface area contributed by atoms with Gasteiger partial charge in [0.1, 0.15) is 12.4 Å². The minimum Gasteiger partial charge on any atom is -0.488 e. The van der Waals surface area contributed by atoms with Gasteiger partial charge < -0.3 is 14.2 Å². The van der Waals surface area contributed by atoms with Gasteiger partial charge in [-0.25, -0.2) is 4.98 Å². The first kappa shape index (κ1) is 15.7. The fourth-order valence-corrected chi connectivity index (χ4v) is 3.20. The van der Waals surface area contributed by atoms with Crippen molar-refractivity contribution in [2.24, 2.45) is 0 Å². The summed E-state index contributed by atoms with van der Waals surface area (Å²) in [4.78, 5) is 4.82. The lowest BCUT2D eigenvalue weighted by atomic mass is 10.1. The molecule has 0 saturated carbocycles. The van der Waals surface area contributed by atoms with Crippen molar-refractivity contribution in [1.82, 2.24) is 4.98 Å². The fraction of sp³-hybridized carbons (Fsp3) is 0.0870. The molecule has 1 aliphatic rings. The molecule has 0 saturated heterocycles. The van der Waals surface area contributed by atoms with E-state index in [-0.39, 0.29) is 6.79 Å². The number of pyridine rings is 1. The fourth-order valence-electron chi connectivity index (χ4n) is 3.20. The Labute approximate surface area is 157 Å². The number of hydrogen-bond donors (Lipinski definition) is 0. The number of benzene rings is 3. The molecule has 0 amide bonds. The van der Waals surface area contributed by atoms with E-state index in [1.165, 1.54) is 0 Å². The summed E-state index contributed by atoms with van der Waals surface area (Å²) in [7, 11) is 0. The summed E-state index contributed by atoms with van der Waals surface area (Å²) in [5, 5.41) is 0.912. The molecule has 0 radical (unpaired) electrons. The minimum atomic E-state index is 0.234. The molecule has 0 N–H and O–H groups in total. The van der Waals surface area contributed by atoms with Crippen molar-refractivity contribution < 1.29 is 14.2 Å². The van der Waals surface area contributed by atoms with Crippen LogP contribution in [-0.4, -0.2) is 11.8 Å². The Hall–Kier alpha value is -3.53. The van der Waals surface area contributed by atoms with Gasteiger partial charge in [-0.05, 0) is 11.6 Å². The van der Waals surface area contributed by atoms with Crippen LogP contribution in [0.15, 0.2) is 78.9 Å². The van der Waals surface area contributed by atoms with Crippen LogP contribution in [0, 0.1) is 0 Å². The lowest BCUT2D eigenvalue weighted by Gasteiger charge is -2.12. The second kappa shape index (κ2) is 6.65. The molecule has 4 nitrogen and oxygen atoms in total. The standard InChI is InChI=1S/C23H17NO3/c1-3-7-16(8-4-1)14-25-21-12-19(17-9-5-2-6-10-17)24-20-13-23-22(11-18(20)21)26-15-27-23/h1-13H,14-15H2. The molecule has 0 atom stereocenters. The Balaban J connectivity index is 1.62. The van der Waals surface area contributed by atoms with Crippen molar-refractivity contribution in [2.45, 2.75) is 6.61 Å². The van der Waals surface area contributed by atoms with Gasteiger partial charge in [0.05, 0.1) is 11.2 Å². The number of fused-ring (bicyclic) bond motifs is 2. The number of hydrogen-bond acceptors (Lipinski definition) is 4. The zero-order chi connectivity index (χ0) is 18.1. The lowest BCUT2D eigenvalue weighted by molar-refractivity contribution is 0.174. The molecule has 0 aliphatic carbocycles. The zero-order valence-electron chi connectivity index (χ0n) is 14.6. The molecule has 132 valence electrons. The molecular weight excluding hydrogens is 338 g/mol. The highest BCUT2D eigenvalue weighted by molar-refractivity contribution is 5.90. The van der Waals surface area contributed by atoms with E-state index in [1.54, 1.807) is 0 Å². The molecule has 0 fully saturated rings. The summed E-state index contributed by atoms with van der Waals surface area (Å²) in [5.41, 5.74) is 3.85. The van der Waals surface area contributed by atoms with E-state index in [9.17, 15) is 0 Å². The van der Waals surface area contributed by atoms with E-state index >= 15 is 0 Å². The Kier molecular flexibility index (Phi) is 3.87. The van der Waals surface area contributed by atoms with Gasteiger partial charge >= 0.3 is 0 Å². The van der Waals surface area contributed by atoms with Crippen LogP contribution >= 0.6 is 0 Å². The molecule has 4 aromatic rings. The molecule has 5 rings (SSSR count). The maximum atomic E-state index is 6.19. The first-order valence-electron chi connectivity index (χ1n) is 8.83. The molecule has 4 heteroatoms. The average Bonchev–Trinajstić information content (AvgIpc) is 3.19. The summed E-state index contributed by atoms with van der Waals surface area (Å²) in [6.07, 6.45) is 0. The Morgan fingerprint density at radius 2 is 1.52 bits per heavy atom. The van der Waals surface area contributed by atoms with Crippen LogP contribution in [0.1, 0.15) is 5.56 Å². The normalized spacial score (nSPS) is 12.3. The molecule has 0 unspecified atom stereocenters. The average molecular weight is 355 g/mol. The lowest BCUT2D eigenvalue weighted by Crippen LogP contribution is -1.98. The zero-order valence-corrected chi connectivity index (χ0v) is 14.6. The van der Waals surface area contributed by atoms with Crippen LogP contribution in [-0.2, 0) is 6.61 Å². The summed E-state index contributed by atoms with van der Waals surface area (Å²) < 4.78 is 17.2. The summed E-state index contributed by atoms with van der Waals surface area (Å²) in [6, 6.07) is 26.1. The minimum absolute atomic E-state index is 0.234.